The first kappa shape index (κ1) is 14.5. The maximum atomic E-state index is 11.0. The van der Waals surface area contributed by atoms with Crippen LogP contribution in [0, 0.1) is 0 Å². The molecule has 1 unspecified atom stereocenters. The van der Waals surface area contributed by atoms with Crippen LogP contribution in [0.5, 0.6) is 0 Å². The number of aliphatic hydroxyl groups is 1. The fraction of sp³-hybridized carbons (Fsp3) is 0.923. The number of rotatable bonds is 8. The van der Waals surface area contributed by atoms with E-state index in [4.69, 9.17) is 5.11 Å². The van der Waals surface area contributed by atoms with Crippen LogP contribution in [0.1, 0.15) is 51.9 Å². The van der Waals surface area contributed by atoms with Crippen molar-refractivity contribution in [1.82, 2.24) is 4.90 Å². The Morgan fingerprint density at radius 2 is 2.18 bits per heavy atom. The molecule has 1 fully saturated rings. The van der Waals surface area contributed by atoms with Crippen molar-refractivity contribution in [2.24, 2.45) is 0 Å². The second-order valence-electron chi connectivity index (χ2n) is 4.99. The first-order valence-electron chi connectivity index (χ1n) is 6.80. The van der Waals surface area contributed by atoms with Crippen LogP contribution in [0.4, 0.5) is 0 Å². The molecule has 4 nitrogen and oxygen atoms in total. The van der Waals surface area contributed by atoms with Crippen molar-refractivity contribution < 1.29 is 15.0 Å². The molecule has 17 heavy (non-hydrogen) atoms. The Hall–Kier alpha value is -0.610. The van der Waals surface area contributed by atoms with Gasteiger partial charge in [-0.25, -0.2) is 0 Å². The number of likely N-dealkylation sites (tertiary alicyclic amines) is 1. The third-order valence-electron chi connectivity index (χ3n) is 3.48. The molecule has 0 radical (unpaired) electrons. The smallest absolute Gasteiger partial charge is 0.320 e. The minimum absolute atomic E-state index is 0.369. The molecule has 0 spiro atoms. The van der Waals surface area contributed by atoms with Crippen LogP contribution in [-0.2, 0) is 4.79 Å². The third kappa shape index (κ3) is 5.04. The average Bonchev–Trinajstić information content (AvgIpc) is 2.72. The number of β-amino-alcohol motifs (C(OH)–C–C–N with tert-alkyl or cyclic N) is 1. The lowest BCUT2D eigenvalue weighted by Crippen LogP contribution is -2.40. The molecule has 0 saturated carbocycles. The molecule has 0 aromatic heterocycles. The SMILES string of the molecule is CCCCCCC(O)CN1CCC[C@H]1C(=O)O. The quantitative estimate of drug-likeness (QED) is 0.639. The Morgan fingerprint density at radius 3 is 2.82 bits per heavy atom. The van der Waals surface area contributed by atoms with E-state index >= 15 is 0 Å². The minimum atomic E-state index is -0.749. The highest BCUT2D eigenvalue weighted by atomic mass is 16.4. The monoisotopic (exact) mass is 243 g/mol. The largest absolute Gasteiger partial charge is 0.480 e. The normalized spacial score (nSPS) is 22.8. The van der Waals surface area contributed by atoms with Crippen LogP contribution >= 0.6 is 0 Å². The molecule has 1 saturated heterocycles. The molecular weight excluding hydrogens is 218 g/mol. The number of aliphatic hydroxyl groups excluding tert-OH is 1. The Labute approximate surface area is 104 Å². The summed E-state index contributed by atoms with van der Waals surface area (Å²) in [5.41, 5.74) is 0. The first-order chi connectivity index (χ1) is 8.15. The van der Waals surface area contributed by atoms with Crippen molar-refractivity contribution >= 4 is 5.97 Å². The second kappa shape index (κ2) is 7.67. The number of carboxylic acid groups (broad SMARTS) is 1. The molecule has 2 N–H and O–H groups in total. The van der Waals surface area contributed by atoms with Gasteiger partial charge in [0.2, 0.25) is 0 Å². The van der Waals surface area contributed by atoms with E-state index in [2.05, 4.69) is 6.92 Å². The summed E-state index contributed by atoms with van der Waals surface area (Å²) in [4.78, 5) is 12.9. The maximum absolute atomic E-state index is 11.0. The number of hydrogen-bond donors (Lipinski definition) is 2. The lowest BCUT2D eigenvalue weighted by Gasteiger charge is -2.23. The van der Waals surface area contributed by atoms with Gasteiger partial charge in [0.25, 0.3) is 0 Å². The van der Waals surface area contributed by atoms with E-state index in [1.165, 1.54) is 12.8 Å². The summed E-state index contributed by atoms with van der Waals surface area (Å²) in [6.07, 6.45) is 6.70. The number of nitrogens with zero attached hydrogens (tertiary/aromatic N) is 1. The van der Waals surface area contributed by atoms with E-state index < -0.39 is 5.97 Å². The molecule has 0 aromatic rings. The molecule has 0 bridgehead atoms. The molecular formula is C13H25NO3. The summed E-state index contributed by atoms with van der Waals surface area (Å²) >= 11 is 0. The lowest BCUT2D eigenvalue weighted by atomic mass is 10.1. The van der Waals surface area contributed by atoms with Gasteiger partial charge in [0, 0.05) is 6.54 Å². The molecule has 100 valence electrons. The van der Waals surface area contributed by atoms with E-state index in [1.54, 1.807) is 0 Å². The van der Waals surface area contributed by atoms with Crippen LogP contribution in [0.25, 0.3) is 0 Å². The van der Waals surface area contributed by atoms with E-state index in [0.29, 0.717) is 6.54 Å². The van der Waals surface area contributed by atoms with Crippen LogP contribution in [0.2, 0.25) is 0 Å². The molecule has 1 rings (SSSR count). The third-order valence-corrected chi connectivity index (χ3v) is 3.48. The first-order valence-corrected chi connectivity index (χ1v) is 6.80. The Kier molecular flexibility index (Phi) is 6.52. The van der Waals surface area contributed by atoms with Gasteiger partial charge >= 0.3 is 5.97 Å². The Morgan fingerprint density at radius 1 is 1.41 bits per heavy atom. The predicted octanol–water partition coefficient (Wildman–Crippen LogP) is 1.87. The zero-order valence-corrected chi connectivity index (χ0v) is 10.8. The molecule has 1 heterocycles. The van der Waals surface area contributed by atoms with Gasteiger partial charge in [-0.1, -0.05) is 32.6 Å². The van der Waals surface area contributed by atoms with E-state index in [0.717, 1.165) is 38.6 Å². The molecule has 1 aliphatic rings. The van der Waals surface area contributed by atoms with Gasteiger partial charge in [-0.2, -0.15) is 0 Å². The highest BCUT2D eigenvalue weighted by Crippen LogP contribution is 2.18. The summed E-state index contributed by atoms with van der Waals surface area (Å²) in [6.45, 7) is 3.49. The average molecular weight is 243 g/mol. The van der Waals surface area contributed by atoms with Gasteiger partial charge in [-0.3, -0.25) is 9.69 Å². The number of carbonyl (C=O) groups is 1. The number of carboxylic acids is 1. The maximum Gasteiger partial charge on any atom is 0.320 e. The van der Waals surface area contributed by atoms with Crippen molar-refractivity contribution in [3.8, 4) is 0 Å². The van der Waals surface area contributed by atoms with E-state index in [1.807, 2.05) is 4.90 Å². The summed E-state index contributed by atoms with van der Waals surface area (Å²) in [6, 6.07) is -0.375. The van der Waals surface area contributed by atoms with Crippen LogP contribution in [0.15, 0.2) is 0 Å². The number of aliphatic carboxylic acids is 1. The summed E-state index contributed by atoms with van der Waals surface area (Å²) < 4.78 is 0. The lowest BCUT2D eigenvalue weighted by molar-refractivity contribution is -0.142. The van der Waals surface area contributed by atoms with Crippen molar-refractivity contribution in [1.29, 1.82) is 0 Å². The second-order valence-corrected chi connectivity index (χ2v) is 4.99. The summed E-state index contributed by atoms with van der Waals surface area (Å²) in [5, 5.41) is 18.9. The summed E-state index contributed by atoms with van der Waals surface area (Å²) in [7, 11) is 0. The van der Waals surface area contributed by atoms with Crippen molar-refractivity contribution in [2.45, 2.75) is 64.0 Å². The summed E-state index contributed by atoms with van der Waals surface area (Å²) in [5.74, 6) is -0.749. The van der Waals surface area contributed by atoms with Gasteiger partial charge < -0.3 is 10.2 Å². The van der Waals surface area contributed by atoms with Crippen molar-refractivity contribution in [2.75, 3.05) is 13.1 Å². The molecule has 0 amide bonds. The predicted molar refractivity (Wildman–Crippen MR) is 67.0 cm³/mol. The van der Waals surface area contributed by atoms with Crippen LogP contribution in [-0.4, -0.2) is 46.3 Å². The molecule has 2 atom stereocenters. The van der Waals surface area contributed by atoms with Gasteiger partial charge in [0.05, 0.1) is 6.10 Å². The fourth-order valence-corrected chi connectivity index (χ4v) is 2.49. The number of unbranched alkanes of at least 4 members (excludes halogenated alkanes) is 3. The molecule has 4 heteroatoms. The zero-order chi connectivity index (χ0) is 12.7. The topological polar surface area (TPSA) is 60.8 Å². The van der Waals surface area contributed by atoms with Gasteiger partial charge in [0.15, 0.2) is 0 Å². The molecule has 0 aliphatic carbocycles. The van der Waals surface area contributed by atoms with Crippen molar-refractivity contribution in [3.63, 3.8) is 0 Å². The number of hydrogen-bond acceptors (Lipinski definition) is 3. The van der Waals surface area contributed by atoms with Crippen LogP contribution < -0.4 is 0 Å². The zero-order valence-electron chi connectivity index (χ0n) is 10.8. The van der Waals surface area contributed by atoms with Gasteiger partial charge in [-0.15, -0.1) is 0 Å². The van der Waals surface area contributed by atoms with E-state index in [9.17, 15) is 9.90 Å². The molecule has 0 aromatic carbocycles. The standard InChI is InChI=1S/C13H25NO3/c1-2-3-4-5-7-11(15)10-14-9-6-8-12(14)13(16)17/h11-12,15H,2-10H2,1H3,(H,16,17)/t11?,12-/m0/s1. The Balaban J connectivity index is 2.20. The van der Waals surface area contributed by atoms with Crippen molar-refractivity contribution in [3.05, 3.63) is 0 Å². The van der Waals surface area contributed by atoms with E-state index in [-0.39, 0.29) is 12.1 Å². The van der Waals surface area contributed by atoms with Gasteiger partial charge in [-0.05, 0) is 25.8 Å². The molecule has 1 aliphatic heterocycles. The highest BCUT2D eigenvalue weighted by Gasteiger charge is 2.31. The van der Waals surface area contributed by atoms with Crippen LogP contribution in [0.3, 0.4) is 0 Å². The highest BCUT2D eigenvalue weighted by molar-refractivity contribution is 5.73. The van der Waals surface area contributed by atoms with Gasteiger partial charge in [0.1, 0.15) is 6.04 Å². The Bertz CT molecular complexity index is 233. The minimum Gasteiger partial charge on any atom is -0.480 e. The fourth-order valence-electron chi connectivity index (χ4n) is 2.49.